The van der Waals surface area contributed by atoms with Crippen molar-refractivity contribution in [2.75, 3.05) is 0 Å². The van der Waals surface area contributed by atoms with Gasteiger partial charge < -0.3 is 14.2 Å². The van der Waals surface area contributed by atoms with E-state index in [1.165, 1.54) is 17.9 Å². The third-order valence-corrected chi connectivity index (χ3v) is 6.57. The maximum atomic E-state index is 14.8. The average Bonchev–Trinajstić information content (AvgIpc) is 3.53. The Morgan fingerprint density at radius 2 is 1.70 bits per heavy atom. The number of fused-ring (bicyclic) bond motifs is 1. The Bertz CT molecular complexity index is 2070. The lowest BCUT2D eigenvalue weighted by atomic mass is 10.2. The minimum atomic E-state index is -1.40. The Morgan fingerprint density at radius 1 is 0.957 bits per heavy atom. The highest BCUT2D eigenvalue weighted by atomic mass is 35.5. The van der Waals surface area contributed by atoms with E-state index in [4.69, 9.17) is 25.8 Å². The first-order valence-corrected chi connectivity index (χ1v) is 14.1. The van der Waals surface area contributed by atoms with Crippen molar-refractivity contribution in [1.82, 2.24) is 38.7 Å². The molecule has 5 rings (SSSR count). The van der Waals surface area contributed by atoms with E-state index in [-0.39, 0.29) is 34.3 Å². The molecule has 242 valence electrons. The van der Waals surface area contributed by atoms with E-state index >= 15 is 0 Å². The molecule has 0 amide bonds. The van der Waals surface area contributed by atoms with Gasteiger partial charge in [-0.15, -0.1) is 0 Å². The summed E-state index contributed by atoms with van der Waals surface area (Å²) in [6.07, 6.45) is 0.260. The molecule has 0 aliphatic rings. The number of aryl methyl sites for hydroxylation is 2. The lowest BCUT2D eigenvalue weighted by Crippen LogP contribution is -2.44. The van der Waals surface area contributed by atoms with Crippen LogP contribution in [-0.4, -0.2) is 57.2 Å². The normalized spacial score (nSPS) is 12.6. The minimum Gasteiger partial charge on any atom is -0.431 e. The molecule has 0 saturated carbocycles. The van der Waals surface area contributed by atoms with Gasteiger partial charge in [-0.1, -0.05) is 11.6 Å². The maximum absolute atomic E-state index is 14.8. The van der Waals surface area contributed by atoms with Gasteiger partial charge in [-0.05, 0) is 32.0 Å². The van der Waals surface area contributed by atoms with E-state index in [2.05, 4.69) is 25.2 Å². The predicted octanol–water partition coefficient (Wildman–Crippen LogP) is 3.75. The zero-order valence-corrected chi connectivity index (χ0v) is 25.9. The molecule has 14 nitrogen and oxygen atoms in total. The molecule has 0 N–H and O–H groups in total. The van der Waals surface area contributed by atoms with Crippen molar-refractivity contribution < 1.29 is 32.2 Å². The smallest absolute Gasteiger partial charge is 0.431 e. The van der Waals surface area contributed by atoms with Crippen molar-refractivity contribution in [3.8, 4) is 6.01 Å². The highest BCUT2D eigenvalue weighted by molar-refractivity contribution is 6.33. The second-order valence-corrected chi connectivity index (χ2v) is 10.7. The van der Waals surface area contributed by atoms with Crippen molar-refractivity contribution in [2.45, 2.75) is 46.3 Å². The summed E-state index contributed by atoms with van der Waals surface area (Å²) >= 11 is 6.51. The Hall–Kier alpha value is -5.19. The molecular weight excluding hydrogens is 635 g/mol. The van der Waals surface area contributed by atoms with Crippen LogP contribution in [-0.2, 0) is 36.7 Å². The van der Waals surface area contributed by atoms with Crippen molar-refractivity contribution in [3.63, 3.8) is 0 Å². The summed E-state index contributed by atoms with van der Waals surface area (Å²) in [5.41, 5.74) is -0.920. The van der Waals surface area contributed by atoms with Gasteiger partial charge in [-0.3, -0.25) is 13.9 Å². The number of nitrogens with zero attached hydrogens (tertiary/aromatic N) is 9. The average molecular weight is 662 g/mol. The van der Waals surface area contributed by atoms with Gasteiger partial charge in [-0.2, -0.15) is 15.2 Å². The third kappa shape index (κ3) is 7.20. The van der Waals surface area contributed by atoms with E-state index in [0.717, 1.165) is 9.13 Å². The lowest BCUT2D eigenvalue weighted by molar-refractivity contribution is -0.0664. The van der Waals surface area contributed by atoms with Crippen LogP contribution in [0.3, 0.4) is 0 Å². The summed E-state index contributed by atoms with van der Waals surface area (Å²) < 4.78 is 63.5. The number of carbonyl (C=O) groups is 1. The SMILES string of the molecule is CC(C)OC(=O)OC(C)Oc1n/c(=N\c2cc3cn(C)nc3cc2Cl)n(Cc2cc(F)c(F)cc2F)c(=O)n1Cc1ncn(C)n1. The first-order valence-electron chi connectivity index (χ1n) is 13.7. The summed E-state index contributed by atoms with van der Waals surface area (Å²) in [6.45, 7) is 3.66. The minimum absolute atomic E-state index is 0.135. The summed E-state index contributed by atoms with van der Waals surface area (Å²) in [5.74, 6) is -3.69. The molecule has 5 aromatic rings. The summed E-state index contributed by atoms with van der Waals surface area (Å²) in [4.78, 5) is 39.3. The van der Waals surface area contributed by atoms with Crippen LogP contribution in [0.25, 0.3) is 10.9 Å². The van der Waals surface area contributed by atoms with E-state index in [1.54, 1.807) is 51.0 Å². The molecular formula is C28H27ClF3N9O5. The number of rotatable bonds is 9. The van der Waals surface area contributed by atoms with Gasteiger partial charge in [0.2, 0.25) is 11.9 Å². The van der Waals surface area contributed by atoms with Crippen LogP contribution in [0.5, 0.6) is 6.01 Å². The van der Waals surface area contributed by atoms with Gasteiger partial charge in [0.05, 0.1) is 35.4 Å². The molecule has 0 fully saturated rings. The number of hydrogen-bond acceptors (Lipinski definition) is 10. The predicted molar refractivity (Wildman–Crippen MR) is 156 cm³/mol. The quantitative estimate of drug-likeness (QED) is 0.131. The van der Waals surface area contributed by atoms with Crippen LogP contribution in [0, 0.1) is 17.5 Å². The van der Waals surface area contributed by atoms with Crippen molar-refractivity contribution in [1.29, 1.82) is 0 Å². The van der Waals surface area contributed by atoms with E-state index < -0.39 is 54.2 Å². The Morgan fingerprint density at radius 3 is 2.39 bits per heavy atom. The molecule has 3 aromatic heterocycles. The zero-order chi connectivity index (χ0) is 33.3. The lowest BCUT2D eigenvalue weighted by Gasteiger charge is -2.19. The number of ether oxygens (including phenoxy) is 3. The van der Waals surface area contributed by atoms with Crippen LogP contribution >= 0.6 is 11.6 Å². The number of hydrogen-bond donors (Lipinski definition) is 0. The van der Waals surface area contributed by atoms with Crippen molar-refractivity contribution in [2.24, 2.45) is 19.1 Å². The van der Waals surface area contributed by atoms with Gasteiger partial charge in [0, 0.05) is 44.2 Å². The monoisotopic (exact) mass is 661 g/mol. The number of benzene rings is 2. The van der Waals surface area contributed by atoms with Gasteiger partial charge in [0.25, 0.3) is 0 Å². The first-order chi connectivity index (χ1) is 21.8. The molecule has 0 aliphatic heterocycles. The van der Waals surface area contributed by atoms with Crippen LogP contribution < -0.4 is 16.0 Å². The Kier molecular flexibility index (Phi) is 9.13. The number of carbonyl (C=O) groups excluding carboxylic acids is 1. The Balaban J connectivity index is 1.72. The van der Waals surface area contributed by atoms with E-state index in [0.29, 0.717) is 23.0 Å². The molecule has 2 aromatic carbocycles. The topological polar surface area (TPSA) is 145 Å². The molecule has 0 spiro atoms. The fourth-order valence-electron chi connectivity index (χ4n) is 4.30. The third-order valence-electron chi connectivity index (χ3n) is 6.27. The molecule has 1 atom stereocenters. The van der Waals surface area contributed by atoms with Gasteiger partial charge >= 0.3 is 17.9 Å². The second-order valence-electron chi connectivity index (χ2n) is 10.3. The maximum Gasteiger partial charge on any atom is 0.511 e. The van der Waals surface area contributed by atoms with Gasteiger partial charge in [-0.25, -0.2) is 37.3 Å². The largest absolute Gasteiger partial charge is 0.511 e. The molecule has 3 heterocycles. The fourth-order valence-corrected chi connectivity index (χ4v) is 4.50. The fraction of sp³-hybridized carbons (Fsp3) is 0.321. The van der Waals surface area contributed by atoms with E-state index in [1.807, 2.05) is 0 Å². The number of halogens is 4. The molecule has 0 saturated heterocycles. The summed E-state index contributed by atoms with van der Waals surface area (Å²) in [7, 11) is 3.33. The molecule has 0 radical (unpaired) electrons. The first kappa shape index (κ1) is 32.2. The van der Waals surface area contributed by atoms with Crippen LogP contribution in [0.2, 0.25) is 5.02 Å². The van der Waals surface area contributed by atoms with Gasteiger partial charge in [0.1, 0.15) is 12.1 Å². The number of aromatic nitrogens is 8. The van der Waals surface area contributed by atoms with Crippen LogP contribution in [0.4, 0.5) is 23.7 Å². The standard InChI is InChI=1S/C28H27ClF3N9O5/c1-14(2)44-28(43)46-15(3)45-26-35-25(34-23-7-17-10-38(4)36-22(17)8-18(23)29)40(11-16-6-20(31)21(32)9-19(16)30)27(42)41(26)12-24-33-13-39(5)37-24/h6-10,13-15H,11-12H2,1-5H3/b34-25+. The molecule has 0 bridgehead atoms. The van der Waals surface area contributed by atoms with Crippen LogP contribution in [0.15, 0.2) is 46.6 Å². The van der Waals surface area contributed by atoms with Gasteiger partial charge in [0.15, 0.2) is 17.5 Å². The van der Waals surface area contributed by atoms with E-state index in [9.17, 15) is 22.8 Å². The van der Waals surface area contributed by atoms with Crippen molar-refractivity contribution in [3.05, 3.63) is 86.8 Å². The highest BCUT2D eigenvalue weighted by Crippen LogP contribution is 2.29. The van der Waals surface area contributed by atoms with Crippen molar-refractivity contribution >= 4 is 34.3 Å². The molecule has 18 heteroatoms. The molecule has 46 heavy (non-hydrogen) atoms. The highest BCUT2D eigenvalue weighted by Gasteiger charge is 2.22. The Labute approximate surface area is 263 Å². The summed E-state index contributed by atoms with van der Waals surface area (Å²) in [6, 6.07) is 3.73. The van der Waals surface area contributed by atoms with Crippen LogP contribution in [0.1, 0.15) is 32.2 Å². The molecule has 1 unspecified atom stereocenters. The molecule has 0 aliphatic carbocycles. The zero-order valence-electron chi connectivity index (χ0n) is 25.1. The summed E-state index contributed by atoms with van der Waals surface area (Å²) in [5, 5.41) is 9.27. The second kappa shape index (κ2) is 13.0.